The van der Waals surface area contributed by atoms with Gasteiger partial charge in [-0.3, -0.25) is 0 Å². The van der Waals surface area contributed by atoms with Gasteiger partial charge in [0.25, 0.3) is 0 Å². The molecule has 0 aromatic heterocycles. The molecule has 0 saturated carbocycles. The summed E-state index contributed by atoms with van der Waals surface area (Å²) in [5.41, 5.74) is 9.15. The number of aryl methyl sites for hydroxylation is 1. The van der Waals surface area contributed by atoms with Gasteiger partial charge in [0, 0.05) is 12.0 Å². The zero-order valence-corrected chi connectivity index (χ0v) is 15.9. The van der Waals surface area contributed by atoms with E-state index in [-0.39, 0.29) is 5.41 Å². The van der Waals surface area contributed by atoms with E-state index in [2.05, 4.69) is 79.8 Å². The van der Waals surface area contributed by atoms with Gasteiger partial charge in [-0.2, -0.15) is 0 Å². The van der Waals surface area contributed by atoms with Crippen LogP contribution in [-0.4, -0.2) is 19.6 Å². The second kappa shape index (κ2) is 10.4. The standard InChI is InChI=1S/C23H34N2/c1-20(2)23(19-24,22-14-7-4-8-15-22)16-10-18-25-17-9-13-21-11-5-3-6-12-21/h3-8,11-12,14-15,20,25H,9-10,13,16-19,24H2,1-2H3. The number of benzene rings is 2. The maximum atomic E-state index is 6.25. The number of nitrogens with two attached hydrogens (primary N) is 1. The predicted octanol–water partition coefficient (Wildman–Crippen LogP) is 4.54. The minimum Gasteiger partial charge on any atom is -0.330 e. The molecule has 0 heterocycles. The first-order valence-corrected chi connectivity index (χ1v) is 9.69. The van der Waals surface area contributed by atoms with Gasteiger partial charge in [0.2, 0.25) is 0 Å². The zero-order valence-electron chi connectivity index (χ0n) is 15.9. The van der Waals surface area contributed by atoms with Crippen LogP contribution in [0, 0.1) is 5.92 Å². The Morgan fingerprint density at radius 2 is 1.48 bits per heavy atom. The summed E-state index contributed by atoms with van der Waals surface area (Å²) in [6.45, 7) is 7.45. The van der Waals surface area contributed by atoms with Gasteiger partial charge in [0.1, 0.15) is 0 Å². The molecule has 0 saturated heterocycles. The maximum Gasteiger partial charge on any atom is 0.00989 e. The average molecular weight is 339 g/mol. The van der Waals surface area contributed by atoms with E-state index >= 15 is 0 Å². The van der Waals surface area contributed by atoms with E-state index in [4.69, 9.17) is 5.73 Å². The summed E-state index contributed by atoms with van der Waals surface area (Å²) in [5.74, 6) is 0.540. The molecule has 0 amide bonds. The van der Waals surface area contributed by atoms with Gasteiger partial charge in [0.05, 0.1) is 0 Å². The molecule has 2 aromatic rings. The van der Waals surface area contributed by atoms with Crippen LogP contribution in [0.3, 0.4) is 0 Å². The summed E-state index contributed by atoms with van der Waals surface area (Å²) in [4.78, 5) is 0. The molecule has 2 nitrogen and oxygen atoms in total. The van der Waals surface area contributed by atoms with Crippen molar-refractivity contribution >= 4 is 0 Å². The molecule has 0 aliphatic heterocycles. The molecule has 0 aliphatic carbocycles. The lowest BCUT2D eigenvalue weighted by molar-refractivity contribution is 0.284. The summed E-state index contributed by atoms with van der Waals surface area (Å²) in [6.07, 6.45) is 4.64. The van der Waals surface area contributed by atoms with Crippen LogP contribution in [-0.2, 0) is 11.8 Å². The summed E-state index contributed by atoms with van der Waals surface area (Å²) in [5, 5.41) is 3.60. The topological polar surface area (TPSA) is 38.0 Å². The van der Waals surface area contributed by atoms with Gasteiger partial charge in [-0.25, -0.2) is 0 Å². The van der Waals surface area contributed by atoms with Crippen LogP contribution >= 0.6 is 0 Å². The van der Waals surface area contributed by atoms with Gasteiger partial charge in [0.15, 0.2) is 0 Å². The van der Waals surface area contributed by atoms with Crippen molar-refractivity contribution < 1.29 is 0 Å². The Morgan fingerprint density at radius 3 is 2.08 bits per heavy atom. The largest absolute Gasteiger partial charge is 0.330 e. The highest BCUT2D eigenvalue weighted by Crippen LogP contribution is 2.35. The van der Waals surface area contributed by atoms with Crippen LogP contribution in [0.4, 0.5) is 0 Å². The molecule has 0 bridgehead atoms. The zero-order chi connectivity index (χ0) is 18.0. The Labute approximate surface area is 153 Å². The van der Waals surface area contributed by atoms with E-state index in [0.29, 0.717) is 12.5 Å². The molecular formula is C23H34N2. The average Bonchev–Trinajstić information content (AvgIpc) is 2.65. The summed E-state index contributed by atoms with van der Waals surface area (Å²) in [6, 6.07) is 21.5. The van der Waals surface area contributed by atoms with E-state index in [0.717, 1.165) is 32.4 Å². The van der Waals surface area contributed by atoms with E-state index in [1.807, 2.05) is 0 Å². The van der Waals surface area contributed by atoms with Crippen molar-refractivity contribution in [3.8, 4) is 0 Å². The monoisotopic (exact) mass is 338 g/mol. The first-order chi connectivity index (χ1) is 12.2. The van der Waals surface area contributed by atoms with Crippen molar-refractivity contribution in [2.75, 3.05) is 19.6 Å². The molecule has 25 heavy (non-hydrogen) atoms. The third kappa shape index (κ3) is 5.69. The molecular weight excluding hydrogens is 304 g/mol. The molecule has 0 aliphatic rings. The lowest BCUT2D eigenvalue weighted by Crippen LogP contribution is -2.40. The van der Waals surface area contributed by atoms with Crippen LogP contribution in [0.1, 0.15) is 44.2 Å². The van der Waals surface area contributed by atoms with Crippen molar-refractivity contribution in [3.63, 3.8) is 0 Å². The lowest BCUT2D eigenvalue weighted by Gasteiger charge is -2.37. The van der Waals surface area contributed by atoms with Crippen LogP contribution in [0.25, 0.3) is 0 Å². The molecule has 0 radical (unpaired) electrons. The molecule has 0 spiro atoms. The van der Waals surface area contributed by atoms with Crippen LogP contribution in [0.15, 0.2) is 60.7 Å². The summed E-state index contributed by atoms with van der Waals surface area (Å²) >= 11 is 0. The molecule has 2 rings (SSSR count). The Bertz CT molecular complexity index is 580. The maximum absolute atomic E-state index is 6.25. The third-order valence-corrected chi connectivity index (χ3v) is 5.46. The molecule has 3 N–H and O–H groups in total. The number of hydrogen-bond donors (Lipinski definition) is 2. The fourth-order valence-electron chi connectivity index (χ4n) is 3.71. The van der Waals surface area contributed by atoms with E-state index < -0.39 is 0 Å². The fraction of sp³-hybridized carbons (Fsp3) is 0.478. The van der Waals surface area contributed by atoms with Crippen molar-refractivity contribution in [2.24, 2.45) is 11.7 Å². The Kier molecular flexibility index (Phi) is 8.17. The SMILES string of the molecule is CC(C)C(CN)(CCCNCCCc1ccccc1)c1ccccc1. The van der Waals surface area contributed by atoms with E-state index in [1.54, 1.807) is 0 Å². The highest BCUT2D eigenvalue weighted by atomic mass is 14.8. The summed E-state index contributed by atoms with van der Waals surface area (Å²) < 4.78 is 0. The highest BCUT2D eigenvalue weighted by Gasteiger charge is 2.33. The van der Waals surface area contributed by atoms with Gasteiger partial charge >= 0.3 is 0 Å². The predicted molar refractivity (Wildman–Crippen MR) is 109 cm³/mol. The molecule has 0 fully saturated rings. The second-order valence-corrected chi connectivity index (χ2v) is 7.32. The Morgan fingerprint density at radius 1 is 0.880 bits per heavy atom. The van der Waals surface area contributed by atoms with Crippen LogP contribution in [0.2, 0.25) is 0 Å². The molecule has 1 atom stereocenters. The lowest BCUT2D eigenvalue weighted by atomic mass is 9.69. The Hall–Kier alpha value is -1.64. The third-order valence-electron chi connectivity index (χ3n) is 5.46. The number of hydrogen-bond acceptors (Lipinski definition) is 2. The first-order valence-electron chi connectivity index (χ1n) is 9.69. The minimum atomic E-state index is 0.0903. The van der Waals surface area contributed by atoms with Crippen molar-refractivity contribution in [1.82, 2.24) is 5.32 Å². The summed E-state index contributed by atoms with van der Waals surface area (Å²) in [7, 11) is 0. The highest BCUT2D eigenvalue weighted by molar-refractivity contribution is 5.26. The molecule has 2 aromatic carbocycles. The van der Waals surface area contributed by atoms with Gasteiger partial charge in [-0.1, -0.05) is 74.5 Å². The van der Waals surface area contributed by atoms with Crippen LogP contribution < -0.4 is 11.1 Å². The van der Waals surface area contributed by atoms with Crippen LogP contribution in [0.5, 0.6) is 0 Å². The van der Waals surface area contributed by atoms with E-state index in [9.17, 15) is 0 Å². The number of nitrogens with one attached hydrogen (secondary N) is 1. The molecule has 136 valence electrons. The molecule has 2 heteroatoms. The van der Waals surface area contributed by atoms with Crippen molar-refractivity contribution in [3.05, 3.63) is 71.8 Å². The van der Waals surface area contributed by atoms with Crippen molar-refractivity contribution in [1.29, 1.82) is 0 Å². The fourth-order valence-corrected chi connectivity index (χ4v) is 3.71. The van der Waals surface area contributed by atoms with Gasteiger partial charge < -0.3 is 11.1 Å². The molecule has 1 unspecified atom stereocenters. The normalized spacial score (nSPS) is 13.8. The van der Waals surface area contributed by atoms with Gasteiger partial charge in [-0.05, 0) is 55.8 Å². The minimum absolute atomic E-state index is 0.0903. The van der Waals surface area contributed by atoms with E-state index in [1.165, 1.54) is 17.5 Å². The first kappa shape index (κ1) is 19.7. The Balaban J connectivity index is 1.74. The van der Waals surface area contributed by atoms with Gasteiger partial charge in [-0.15, -0.1) is 0 Å². The second-order valence-electron chi connectivity index (χ2n) is 7.32. The number of rotatable bonds is 11. The smallest absolute Gasteiger partial charge is 0.00989 e. The quantitative estimate of drug-likeness (QED) is 0.590. The van der Waals surface area contributed by atoms with Crippen molar-refractivity contribution in [2.45, 2.75) is 44.9 Å².